The number of carbonyl (C=O) groups excluding carboxylic acids is 1. The van der Waals surface area contributed by atoms with Crippen LogP contribution in [0.1, 0.15) is 46.4 Å². The number of hydrogen-bond acceptors (Lipinski definition) is 3. The third-order valence-corrected chi connectivity index (χ3v) is 4.31. The van der Waals surface area contributed by atoms with E-state index in [1.54, 1.807) is 11.3 Å². The minimum Gasteiger partial charge on any atom is -0.352 e. The van der Waals surface area contributed by atoms with Crippen LogP contribution in [-0.2, 0) is 6.42 Å². The van der Waals surface area contributed by atoms with E-state index in [1.165, 1.54) is 0 Å². The van der Waals surface area contributed by atoms with Crippen LogP contribution < -0.4 is 5.32 Å². The van der Waals surface area contributed by atoms with E-state index in [-0.39, 0.29) is 5.91 Å². The van der Waals surface area contributed by atoms with E-state index in [0.717, 1.165) is 28.2 Å². The van der Waals surface area contributed by atoms with Gasteiger partial charge in [0.05, 0.1) is 10.7 Å². The van der Waals surface area contributed by atoms with E-state index in [9.17, 15) is 4.79 Å². The summed E-state index contributed by atoms with van der Waals surface area (Å²) in [5, 5.41) is 6.19. The van der Waals surface area contributed by atoms with Gasteiger partial charge in [-0.1, -0.05) is 32.0 Å². The Morgan fingerprint density at radius 1 is 1.35 bits per heavy atom. The normalized spacial score (nSPS) is 10.8. The number of nitrogens with one attached hydrogen (secondary N) is 1. The number of aryl methyl sites for hydroxylation is 1. The smallest absolute Gasteiger partial charge is 0.251 e. The van der Waals surface area contributed by atoms with Crippen LogP contribution in [0.4, 0.5) is 0 Å². The van der Waals surface area contributed by atoms with Crippen LogP contribution in [0.2, 0.25) is 0 Å². The van der Waals surface area contributed by atoms with Gasteiger partial charge in [-0.2, -0.15) is 0 Å². The van der Waals surface area contributed by atoms with Gasteiger partial charge in [-0.3, -0.25) is 4.79 Å². The molecule has 2 aromatic rings. The Hall–Kier alpha value is -1.68. The molecule has 1 amide bonds. The molecule has 0 aliphatic heterocycles. The molecule has 1 N–H and O–H groups in total. The molecule has 0 saturated carbocycles. The average Bonchev–Trinajstić information content (AvgIpc) is 2.88. The molecule has 0 aliphatic carbocycles. The second kappa shape index (κ2) is 6.66. The molecule has 0 fully saturated rings. The van der Waals surface area contributed by atoms with E-state index < -0.39 is 0 Å². The minimum absolute atomic E-state index is 0.0117. The van der Waals surface area contributed by atoms with Crippen molar-refractivity contribution in [1.82, 2.24) is 10.3 Å². The van der Waals surface area contributed by atoms with Crippen molar-refractivity contribution in [2.75, 3.05) is 6.54 Å². The molecule has 0 bridgehead atoms. The summed E-state index contributed by atoms with van der Waals surface area (Å²) in [5.41, 5.74) is 2.80. The number of amides is 1. The van der Waals surface area contributed by atoms with Crippen molar-refractivity contribution in [3.8, 4) is 0 Å². The van der Waals surface area contributed by atoms with Crippen LogP contribution in [0.25, 0.3) is 0 Å². The standard InChI is InChI=1S/C16H20N2OS/c1-11(2)16-18-13(10-20-16)8-9-17-15(19)14-7-5-4-6-12(14)3/h4-7,10-11H,8-9H2,1-3H3,(H,17,19). The van der Waals surface area contributed by atoms with Gasteiger partial charge in [-0.15, -0.1) is 11.3 Å². The molecule has 4 heteroatoms. The highest BCUT2D eigenvalue weighted by atomic mass is 32.1. The van der Waals surface area contributed by atoms with Crippen molar-refractivity contribution in [3.63, 3.8) is 0 Å². The first-order valence-corrected chi connectivity index (χ1v) is 7.74. The van der Waals surface area contributed by atoms with Crippen molar-refractivity contribution in [3.05, 3.63) is 51.5 Å². The van der Waals surface area contributed by atoms with Gasteiger partial charge in [-0.05, 0) is 18.6 Å². The van der Waals surface area contributed by atoms with Crippen molar-refractivity contribution in [2.45, 2.75) is 33.1 Å². The zero-order valence-corrected chi connectivity index (χ0v) is 13.0. The lowest BCUT2D eigenvalue weighted by molar-refractivity contribution is 0.0953. The summed E-state index contributed by atoms with van der Waals surface area (Å²) in [5.74, 6) is 0.456. The fourth-order valence-electron chi connectivity index (χ4n) is 1.93. The monoisotopic (exact) mass is 288 g/mol. The zero-order chi connectivity index (χ0) is 14.5. The van der Waals surface area contributed by atoms with Gasteiger partial charge in [0, 0.05) is 29.8 Å². The molecule has 0 aliphatic rings. The van der Waals surface area contributed by atoms with Crippen LogP contribution in [0.3, 0.4) is 0 Å². The van der Waals surface area contributed by atoms with Crippen molar-refractivity contribution in [2.24, 2.45) is 0 Å². The van der Waals surface area contributed by atoms with Gasteiger partial charge < -0.3 is 5.32 Å². The van der Waals surface area contributed by atoms with E-state index in [4.69, 9.17) is 0 Å². The molecule has 1 heterocycles. The molecule has 1 aromatic carbocycles. The maximum absolute atomic E-state index is 12.0. The molecular weight excluding hydrogens is 268 g/mol. The van der Waals surface area contributed by atoms with Gasteiger partial charge in [-0.25, -0.2) is 4.98 Å². The van der Waals surface area contributed by atoms with Gasteiger partial charge >= 0.3 is 0 Å². The number of hydrogen-bond donors (Lipinski definition) is 1. The molecule has 0 unspecified atom stereocenters. The van der Waals surface area contributed by atoms with Crippen LogP contribution >= 0.6 is 11.3 Å². The summed E-state index contributed by atoms with van der Waals surface area (Å²) in [6.45, 7) is 6.85. The fourth-order valence-corrected chi connectivity index (χ4v) is 2.80. The van der Waals surface area contributed by atoms with Crippen molar-refractivity contribution >= 4 is 17.2 Å². The highest BCUT2D eigenvalue weighted by Gasteiger charge is 2.09. The highest BCUT2D eigenvalue weighted by Crippen LogP contribution is 2.19. The minimum atomic E-state index is -0.0117. The summed E-state index contributed by atoms with van der Waals surface area (Å²) in [6, 6.07) is 7.63. The number of carbonyl (C=O) groups is 1. The number of benzene rings is 1. The molecule has 0 radical (unpaired) electrons. The summed E-state index contributed by atoms with van der Waals surface area (Å²) < 4.78 is 0. The van der Waals surface area contributed by atoms with E-state index in [1.807, 2.05) is 31.2 Å². The molecule has 0 spiro atoms. The predicted molar refractivity (Wildman–Crippen MR) is 83.4 cm³/mol. The van der Waals surface area contributed by atoms with Gasteiger partial charge in [0.25, 0.3) is 5.91 Å². The third kappa shape index (κ3) is 3.67. The Kier molecular flexibility index (Phi) is 4.90. The van der Waals surface area contributed by atoms with E-state index in [0.29, 0.717) is 12.5 Å². The topological polar surface area (TPSA) is 42.0 Å². The molecule has 20 heavy (non-hydrogen) atoms. The van der Waals surface area contributed by atoms with Crippen molar-refractivity contribution in [1.29, 1.82) is 0 Å². The Bertz CT molecular complexity index is 590. The van der Waals surface area contributed by atoms with Crippen LogP contribution in [-0.4, -0.2) is 17.4 Å². The maximum Gasteiger partial charge on any atom is 0.251 e. The summed E-state index contributed by atoms with van der Waals surface area (Å²) in [7, 11) is 0. The Balaban J connectivity index is 1.86. The average molecular weight is 288 g/mol. The van der Waals surface area contributed by atoms with Crippen LogP contribution in [0.15, 0.2) is 29.6 Å². The van der Waals surface area contributed by atoms with Crippen LogP contribution in [0, 0.1) is 6.92 Å². The van der Waals surface area contributed by atoms with Gasteiger partial charge in [0.15, 0.2) is 0 Å². The lowest BCUT2D eigenvalue weighted by Crippen LogP contribution is -2.26. The predicted octanol–water partition coefficient (Wildman–Crippen LogP) is 3.55. The molecule has 1 aromatic heterocycles. The number of aromatic nitrogens is 1. The van der Waals surface area contributed by atoms with Gasteiger partial charge in [0.2, 0.25) is 0 Å². The highest BCUT2D eigenvalue weighted by molar-refractivity contribution is 7.09. The van der Waals surface area contributed by atoms with E-state index >= 15 is 0 Å². The quantitative estimate of drug-likeness (QED) is 0.914. The largest absolute Gasteiger partial charge is 0.352 e. The van der Waals surface area contributed by atoms with Gasteiger partial charge in [0.1, 0.15) is 0 Å². The van der Waals surface area contributed by atoms with Crippen LogP contribution in [0.5, 0.6) is 0 Å². The number of rotatable bonds is 5. The molecule has 106 valence electrons. The fraction of sp³-hybridized carbons (Fsp3) is 0.375. The summed E-state index contributed by atoms with van der Waals surface area (Å²) >= 11 is 1.69. The molecule has 0 atom stereocenters. The maximum atomic E-state index is 12.0. The Labute approximate surface area is 124 Å². The molecule has 0 saturated heterocycles. The third-order valence-electron chi connectivity index (χ3n) is 3.12. The number of nitrogens with zero attached hydrogens (tertiary/aromatic N) is 1. The second-order valence-electron chi connectivity index (χ2n) is 5.15. The summed E-state index contributed by atoms with van der Waals surface area (Å²) in [6.07, 6.45) is 0.779. The molecule has 2 rings (SSSR count). The van der Waals surface area contributed by atoms with E-state index in [2.05, 4.69) is 29.5 Å². The van der Waals surface area contributed by atoms with Crippen molar-refractivity contribution < 1.29 is 4.79 Å². The first kappa shape index (κ1) is 14.7. The summed E-state index contributed by atoms with van der Waals surface area (Å²) in [4.78, 5) is 16.6. The SMILES string of the molecule is Cc1ccccc1C(=O)NCCc1csc(C(C)C)n1. The molecule has 3 nitrogen and oxygen atoms in total. The zero-order valence-electron chi connectivity index (χ0n) is 12.1. The Morgan fingerprint density at radius 3 is 2.75 bits per heavy atom. The second-order valence-corrected chi connectivity index (χ2v) is 6.04. The lowest BCUT2D eigenvalue weighted by Gasteiger charge is -2.06. The molecular formula is C16H20N2OS. The lowest BCUT2D eigenvalue weighted by atomic mass is 10.1. The number of thiazole rings is 1. The first-order valence-electron chi connectivity index (χ1n) is 6.86. The first-order chi connectivity index (χ1) is 9.58. The Morgan fingerprint density at radius 2 is 2.10 bits per heavy atom.